The number of hydrogen-bond donors (Lipinski definition) is 0. The van der Waals surface area contributed by atoms with Crippen molar-refractivity contribution in [2.75, 3.05) is 14.2 Å². The second kappa shape index (κ2) is 12.1. The van der Waals surface area contributed by atoms with Crippen LogP contribution >= 0.6 is 0 Å². The van der Waals surface area contributed by atoms with Crippen molar-refractivity contribution in [2.24, 2.45) is 5.16 Å². The summed E-state index contributed by atoms with van der Waals surface area (Å²) in [6, 6.07) is 20.4. The summed E-state index contributed by atoms with van der Waals surface area (Å²) >= 11 is 0. The van der Waals surface area contributed by atoms with E-state index in [2.05, 4.69) is 5.16 Å². The van der Waals surface area contributed by atoms with Gasteiger partial charge in [0.25, 0.3) is 0 Å². The Kier molecular flexibility index (Phi) is 8.58. The summed E-state index contributed by atoms with van der Waals surface area (Å²) < 4.78 is 9.87. The van der Waals surface area contributed by atoms with E-state index in [9.17, 15) is 19.2 Å². The molecule has 0 radical (unpaired) electrons. The second-order valence-electron chi connectivity index (χ2n) is 9.71. The highest BCUT2D eigenvalue weighted by Crippen LogP contribution is 2.54. The van der Waals surface area contributed by atoms with Crippen LogP contribution in [0, 0.1) is 6.92 Å². The Balaban J connectivity index is 1.87. The summed E-state index contributed by atoms with van der Waals surface area (Å²) in [5.74, 6) is -1.81. The van der Waals surface area contributed by atoms with Crippen molar-refractivity contribution in [2.45, 2.75) is 44.9 Å². The van der Waals surface area contributed by atoms with Crippen LogP contribution in [0.2, 0.25) is 0 Å². The first kappa shape index (κ1) is 28.4. The highest BCUT2D eigenvalue weighted by atomic mass is 16.7. The van der Waals surface area contributed by atoms with Gasteiger partial charge in [0.1, 0.15) is 0 Å². The first-order chi connectivity index (χ1) is 19.2. The van der Waals surface area contributed by atoms with Crippen molar-refractivity contribution in [3.05, 3.63) is 94.5 Å². The largest absolute Gasteiger partial charge is 0.469 e. The van der Waals surface area contributed by atoms with Crippen LogP contribution in [0.4, 0.5) is 0 Å². The number of hydrogen-bond acceptors (Lipinski definition) is 8. The zero-order valence-corrected chi connectivity index (χ0v) is 23.0. The van der Waals surface area contributed by atoms with Gasteiger partial charge >= 0.3 is 17.9 Å². The summed E-state index contributed by atoms with van der Waals surface area (Å²) in [7, 11) is 2.68. The van der Waals surface area contributed by atoms with Gasteiger partial charge in [-0.1, -0.05) is 65.8 Å². The molecular formula is C32H31NO7. The molecule has 0 aliphatic heterocycles. The van der Waals surface area contributed by atoms with E-state index in [-0.39, 0.29) is 30.5 Å². The molecule has 8 heteroatoms. The minimum atomic E-state index is -0.750. The molecule has 4 rings (SSSR count). The van der Waals surface area contributed by atoms with E-state index in [1.165, 1.54) is 21.1 Å². The lowest BCUT2D eigenvalue weighted by atomic mass is 9.71. The minimum Gasteiger partial charge on any atom is -0.469 e. The number of ether oxygens (including phenoxy) is 2. The Morgan fingerprint density at radius 1 is 0.775 bits per heavy atom. The van der Waals surface area contributed by atoms with Crippen LogP contribution in [0.5, 0.6) is 0 Å². The zero-order chi connectivity index (χ0) is 28.9. The molecule has 0 fully saturated rings. The molecular weight excluding hydrogens is 510 g/mol. The van der Waals surface area contributed by atoms with Gasteiger partial charge in [-0.3, -0.25) is 14.4 Å². The molecule has 3 aromatic carbocycles. The quantitative estimate of drug-likeness (QED) is 0.112. The van der Waals surface area contributed by atoms with Gasteiger partial charge in [-0.15, -0.1) is 0 Å². The topological polar surface area (TPSA) is 108 Å². The highest BCUT2D eigenvalue weighted by molar-refractivity contribution is 6.51. The van der Waals surface area contributed by atoms with Crippen molar-refractivity contribution in [3.8, 4) is 11.1 Å². The lowest BCUT2D eigenvalue weighted by Gasteiger charge is -2.32. The SMILES string of the molecule is COC(=O)CCC1(CCC(=O)OC)c2ccccc2-c2ccc(C(=O)/C(=N/OC(C)=O)c3ccccc3C)cc21. The zero-order valence-electron chi connectivity index (χ0n) is 23.0. The van der Waals surface area contributed by atoms with Crippen LogP contribution in [0.3, 0.4) is 0 Å². The van der Waals surface area contributed by atoms with Crippen molar-refractivity contribution in [3.63, 3.8) is 0 Å². The maximum Gasteiger partial charge on any atom is 0.332 e. The predicted octanol–water partition coefficient (Wildman–Crippen LogP) is 5.32. The third kappa shape index (κ3) is 5.57. The summed E-state index contributed by atoms with van der Waals surface area (Å²) in [4.78, 5) is 55.0. The number of aryl methyl sites for hydroxylation is 1. The number of carbonyl (C=O) groups excluding carboxylic acids is 4. The van der Waals surface area contributed by atoms with E-state index in [1.807, 2.05) is 49.4 Å². The third-order valence-corrected chi connectivity index (χ3v) is 7.38. The number of nitrogens with zero attached hydrogens (tertiary/aromatic N) is 1. The molecule has 206 valence electrons. The molecule has 0 bridgehead atoms. The Hall–Kier alpha value is -4.59. The van der Waals surface area contributed by atoms with Crippen molar-refractivity contribution >= 4 is 29.4 Å². The van der Waals surface area contributed by atoms with Gasteiger partial charge in [0.15, 0.2) is 5.71 Å². The summed E-state index contributed by atoms with van der Waals surface area (Å²) in [5.41, 5.74) is 4.59. The summed E-state index contributed by atoms with van der Waals surface area (Å²) in [5, 5.41) is 3.94. The number of methoxy groups -OCH3 is 2. The van der Waals surface area contributed by atoms with E-state index in [0.29, 0.717) is 24.0 Å². The molecule has 1 aliphatic carbocycles. The number of benzene rings is 3. The van der Waals surface area contributed by atoms with Crippen LogP contribution in [-0.2, 0) is 34.1 Å². The Labute approximate surface area is 232 Å². The number of oxime groups is 1. The lowest BCUT2D eigenvalue weighted by molar-refractivity contribution is -0.142. The van der Waals surface area contributed by atoms with Crippen molar-refractivity contribution in [1.29, 1.82) is 0 Å². The Morgan fingerprint density at radius 3 is 2.00 bits per heavy atom. The molecule has 0 aromatic heterocycles. The molecule has 40 heavy (non-hydrogen) atoms. The molecule has 0 N–H and O–H groups in total. The number of rotatable bonds is 10. The molecule has 0 amide bonds. The summed E-state index contributed by atoms with van der Waals surface area (Å²) in [6.07, 6.45) is 0.965. The molecule has 0 spiro atoms. The highest BCUT2D eigenvalue weighted by Gasteiger charge is 2.44. The normalized spacial score (nSPS) is 13.2. The van der Waals surface area contributed by atoms with Gasteiger partial charge in [-0.25, -0.2) is 4.79 Å². The smallest absolute Gasteiger partial charge is 0.332 e. The second-order valence-corrected chi connectivity index (χ2v) is 9.71. The average Bonchev–Trinajstić information content (AvgIpc) is 3.24. The predicted molar refractivity (Wildman–Crippen MR) is 149 cm³/mol. The summed E-state index contributed by atoms with van der Waals surface area (Å²) in [6.45, 7) is 3.06. The van der Waals surface area contributed by atoms with Gasteiger partial charge in [-0.2, -0.15) is 0 Å². The Bertz CT molecular complexity index is 1480. The van der Waals surface area contributed by atoms with Crippen LogP contribution in [0.15, 0.2) is 71.9 Å². The molecule has 1 aliphatic rings. The van der Waals surface area contributed by atoms with E-state index >= 15 is 0 Å². The fraction of sp³-hybridized carbons (Fsp3) is 0.281. The monoisotopic (exact) mass is 541 g/mol. The average molecular weight is 542 g/mol. The number of carbonyl (C=O) groups is 4. The minimum absolute atomic E-state index is 0.00140. The molecule has 0 heterocycles. The van der Waals surface area contributed by atoms with Gasteiger partial charge in [-0.05, 0) is 53.6 Å². The van der Waals surface area contributed by atoms with Crippen LogP contribution < -0.4 is 0 Å². The van der Waals surface area contributed by atoms with Crippen molar-refractivity contribution < 1.29 is 33.5 Å². The van der Waals surface area contributed by atoms with E-state index in [4.69, 9.17) is 14.3 Å². The lowest BCUT2D eigenvalue weighted by Crippen LogP contribution is -2.28. The van der Waals surface area contributed by atoms with Crippen LogP contribution in [0.1, 0.15) is 65.2 Å². The molecule has 0 atom stereocenters. The van der Waals surface area contributed by atoms with Crippen molar-refractivity contribution in [1.82, 2.24) is 0 Å². The maximum atomic E-state index is 13.9. The number of Topliss-reactive ketones (excluding diaryl/α,β-unsaturated/α-hetero) is 1. The van der Waals surface area contributed by atoms with Gasteiger partial charge in [0, 0.05) is 36.3 Å². The Morgan fingerprint density at radius 2 is 1.38 bits per heavy atom. The van der Waals surface area contributed by atoms with Crippen LogP contribution in [0.25, 0.3) is 11.1 Å². The molecule has 0 unspecified atom stereocenters. The number of esters is 2. The molecule has 8 nitrogen and oxygen atoms in total. The number of fused-ring (bicyclic) bond motifs is 3. The van der Waals surface area contributed by atoms with E-state index in [0.717, 1.165) is 27.8 Å². The fourth-order valence-electron chi connectivity index (χ4n) is 5.39. The fourth-order valence-corrected chi connectivity index (χ4v) is 5.39. The van der Waals surface area contributed by atoms with E-state index < -0.39 is 17.2 Å². The molecule has 0 saturated heterocycles. The van der Waals surface area contributed by atoms with Gasteiger partial charge in [0.05, 0.1) is 14.2 Å². The van der Waals surface area contributed by atoms with E-state index in [1.54, 1.807) is 24.3 Å². The maximum absolute atomic E-state index is 13.9. The third-order valence-electron chi connectivity index (χ3n) is 7.38. The first-order valence-corrected chi connectivity index (χ1v) is 13.0. The van der Waals surface area contributed by atoms with Gasteiger partial charge in [0.2, 0.25) is 5.78 Å². The molecule has 3 aromatic rings. The van der Waals surface area contributed by atoms with Gasteiger partial charge < -0.3 is 14.3 Å². The van der Waals surface area contributed by atoms with Crippen LogP contribution in [-0.4, -0.2) is 43.6 Å². The molecule has 0 saturated carbocycles. The number of ketones is 1. The standard InChI is InChI=1S/C32H31NO7/c1-20-9-5-6-10-23(20)30(33-40-21(2)34)31(37)22-13-14-25-24-11-7-8-12-26(24)32(27(25)19-22,17-15-28(35)38-3)18-16-29(36)39-4/h5-14,19H,15-18H2,1-4H3/b33-30+. The first-order valence-electron chi connectivity index (χ1n) is 13.0.